The zero-order valence-electron chi connectivity index (χ0n) is 14.5. The first-order valence-corrected chi connectivity index (χ1v) is 8.94. The Morgan fingerprint density at radius 2 is 1.96 bits per heavy atom. The maximum atomic E-state index is 13.0. The molecule has 0 spiro atoms. The molecule has 26 heavy (non-hydrogen) atoms. The Bertz CT molecular complexity index is 769. The minimum Gasteiger partial charge on any atom is -0.330 e. The summed E-state index contributed by atoms with van der Waals surface area (Å²) < 4.78 is 27.9. The van der Waals surface area contributed by atoms with Crippen LogP contribution < -0.4 is 0 Å². The molecule has 0 saturated carbocycles. The highest BCUT2D eigenvalue weighted by molar-refractivity contribution is 5.77. The van der Waals surface area contributed by atoms with Gasteiger partial charge >= 0.3 is 0 Å². The smallest absolute Gasteiger partial charge is 0.282 e. The zero-order valence-corrected chi connectivity index (χ0v) is 14.5. The quantitative estimate of drug-likeness (QED) is 0.822. The molecule has 0 radical (unpaired) electrons. The first-order chi connectivity index (χ1) is 12.5. The summed E-state index contributed by atoms with van der Waals surface area (Å²) in [5, 5.41) is 4.35. The van der Waals surface area contributed by atoms with E-state index in [1.165, 1.54) is 10.5 Å². The molecule has 3 heterocycles. The highest BCUT2D eigenvalue weighted by atomic mass is 19.3. The van der Waals surface area contributed by atoms with Crippen LogP contribution in [0.15, 0.2) is 42.6 Å². The molecule has 1 aromatic heterocycles. The van der Waals surface area contributed by atoms with Crippen LogP contribution in [-0.2, 0) is 17.8 Å². The van der Waals surface area contributed by atoms with Crippen molar-refractivity contribution in [2.45, 2.75) is 31.4 Å². The summed E-state index contributed by atoms with van der Waals surface area (Å²) in [6, 6.07) is 12.1. The molecule has 1 atom stereocenters. The van der Waals surface area contributed by atoms with Crippen molar-refractivity contribution in [1.29, 1.82) is 0 Å². The molecule has 1 saturated heterocycles. The lowest BCUT2D eigenvalue weighted by Gasteiger charge is -2.40. The molecule has 0 aliphatic carbocycles. The highest BCUT2D eigenvalue weighted by Gasteiger charge is 2.46. The molecule has 4 rings (SSSR count). The van der Waals surface area contributed by atoms with Crippen LogP contribution in [0.5, 0.6) is 0 Å². The monoisotopic (exact) mass is 360 g/mol. The average Bonchev–Trinajstić information content (AvgIpc) is 3.07. The van der Waals surface area contributed by atoms with E-state index in [1.54, 1.807) is 6.20 Å². The Kier molecular flexibility index (Phi) is 4.48. The lowest BCUT2D eigenvalue weighted by Crippen LogP contribution is -2.58. The molecule has 0 unspecified atom stereocenters. The molecular weight excluding hydrogens is 338 g/mol. The fourth-order valence-corrected chi connectivity index (χ4v) is 3.74. The van der Waals surface area contributed by atoms with Gasteiger partial charge in [-0.25, -0.2) is 8.78 Å². The molecule has 2 aliphatic rings. The number of rotatable bonds is 5. The van der Waals surface area contributed by atoms with Gasteiger partial charge in [0, 0.05) is 25.8 Å². The van der Waals surface area contributed by atoms with Crippen molar-refractivity contribution in [3.05, 3.63) is 53.9 Å². The minimum absolute atomic E-state index is 0.105. The third kappa shape index (κ3) is 3.62. The van der Waals surface area contributed by atoms with Crippen molar-refractivity contribution in [1.82, 2.24) is 19.6 Å². The summed E-state index contributed by atoms with van der Waals surface area (Å²) in [5.41, 5.74) is 2.35. The van der Waals surface area contributed by atoms with E-state index in [-0.39, 0.29) is 18.4 Å². The first kappa shape index (κ1) is 17.1. The van der Waals surface area contributed by atoms with Crippen LogP contribution in [0.4, 0.5) is 8.78 Å². The van der Waals surface area contributed by atoms with Gasteiger partial charge in [-0.05, 0) is 18.1 Å². The van der Waals surface area contributed by atoms with Gasteiger partial charge in [-0.15, -0.1) is 0 Å². The number of fused-ring (bicyclic) bond motifs is 1. The van der Waals surface area contributed by atoms with Crippen molar-refractivity contribution < 1.29 is 13.6 Å². The second-order valence-corrected chi connectivity index (χ2v) is 7.20. The summed E-state index contributed by atoms with van der Waals surface area (Å²) >= 11 is 0. The van der Waals surface area contributed by atoms with Crippen molar-refractivity contribution >= 4 is 5.91 Å². The van der Waals surface area contributed by atoms with E-state index >= 15 is 0 Å². The lowest BCUT2D eigenvalue weighted by atomic mass is 10.1. The van der Waals surface area contributed by atoms with Crippen LogP contribution in [0.2, 0.25) is 0 Å². The predicted octanol–water partition coefficient (Wildman–Crippen LogP) is 2.35. The molecule has 5 nitrogen and oxygen atoms in total. The highest BCUT2D eigenvalue weighted by Crippen LogP contribution is 2.30. The van der Waals surface area contributed by atoms with Gasteiger partial charge in [0.15, 0.2) is 0 Å². The minimum atomic E-state index is -2.72. The van der Waals surface area contributed by atoms with Gasteiger partial charge in [0.2, 0.25) is 5.91 Å². The fraction of sp³-hybridized carbons (Fsp3) is 0.474. The van der Waals surface area contributed by atoms with E-state index in [2.05, 4.69) is 22.1 Å². The van der Waals surface area contributed by atoms with E-state index in [9.17, 15) is 13.6 Å². The Hall–Kier alpha value is -2.28. The van der Waals surface area contributed by atoms with Crippen LogP contribution in [-0.4, -0.2) is 57.6 Å². The molecule has 1 aromatic carbocycles. The molecule has 1 amide bonds. The maximum absolute atomic E-state index is 13.0. The van der Waals surface area contributed by atoms with Gasteiger partial charge in [-0.2, -0.15) is 5.10 Å². The van der Waals surface area contributed by atoms with Crippen molar-refractivity contribution in [3.8, 4) is 0 Å². The number of carbonyl (C=O) groups excluding carboxylic acids is 1. The number of carbonyl (C=O) groups is 1. The Morgan fingerprint density at radius 3 is 2.69 bits per heavy atom. The average molecular weight is 360 g/mol. The molecule has 2 aliphatic heterocycles. The van der Waals surface area contributed by atoms with Crippen molar-refractivity contribution in [2.24, 2.45) is 0 Å². The first-order valence-electron chi connectivity index (χ1n) is 8.94. The summed E-state index contributed by atoms with van der Waals surface area (Å²) in [4.78, 5) is 15.9. The molecule has 2 aromatic rings. The van der Waals surface area contributed by atoms with Gasteiger partial charge in [0.05, 0.1) is 31.2 Å². The molecule has 0 N–H and O–H groups in total. The standard InChI is InChI=1S/C19H22F2N4O/c20-19(21)13-24(14-19)18(26)10-17-12-23(11-16-6-8-22-25(16)17)9-7-15-4-2-1-3-5-15/h1-6,8,17H,7,9-14H2/t17-/m0/s1. The topological polar surface area (TPSA) is 41.4 Å². The van der Waals surface area contributed by atoms with Gasteiger partial charge < -0.3 is 4.90 Å². The number of nitrogens with zero attached hydrogens (tertiary/aromatic N) is 4. The van der Waals surface area contributed by atoms with Crippen LogP contribution in [0, 0.1) is 0 Å². The predicted molar refractivity (Wildman–Crippen MR) is 92.8 cm³/mol. The Labute approximate surface area is 151 Å². The van der Waals surface area contributed by atoms with E-state index in [0.29, 0.717) is 6.54 Å². The maximum Gasteiger partial charge on any atom is 0.282 e. The number of likely N-dealkylation sites (tertiary alicyclic amines) is 1. The van der Waals surface area contributed by atoms with Crippen LogP contribution in [0.1, 0.15) is 23.7 Å². The van der Waals surface area contributed by atoms with Crippen molar-refractivity contribution in [2.75, 3.05) is 26.2 Å². The molecule has 1 fully saturated rings. The zero-order chi connectivity index (χ0) is 18.1. The second-order valence-electron chi connectivity index (χ2n) is 7.20. The number of hydrogen-bond donors (Lipinski definition) is 0. The number of amides is 1. The van der Waals surface area contributed by atoms with Gasteiger partial charge in [0.1, 0.15) is 0 Å². The fourth-order valence-electron chi connectivity index (χ4n) is 3.74. The molecular formula is C19H22F2N4O. The van der Waals surface area contributed by atoms with Crippen molar-refractivity contribution in [3.63, 3.8) is 0 Å². The summed E-state index contributed by atoms with van der Waals surface area (Å²) in [6.07, 6.45) is 2.89. The summed E-state index contributed by atoms with van der Waals surface area (Å²) in [6.45, 7) is 1.48. The number of halogens is 2. The normalized spacial score (nSPS) is 21.9. The third-order valence-electron chi connectivity index (χ3n) is 5.12. The van der Waals surface area contributed by atoms with Crippen LogP contribution >= 0.6 is 0 Å². The lowest BCUT2D eigenvalue weighted by molar-refractivity contribution is -0.166. The Balaban J connectivity index is 1.39. The van der Waals surface area contributed by atoms with E-state index in [0.717, 1.165) is 25.2 Å². The van der Waals surface area contributed by atoms with Gasteiger partial charge in [-0.3, -0.25) is 14.4 Å². The van der Waals surface area contributed by atoms with E-state index in [4.69, 9.17) is 0 Å². The summed E-state index contributed by atoms with van der Waals surface area (Å²) in [5.74, 6) is -2.94. The van der Waals surface area contributed by atoms with Gasteiger partial charge in [0.25, 0.3) is 5.92 Å². The number of alkyl halides is 2. The SMILES string of the molecule is O=C(C[C@H]1CN(CCc2ccccc2)Cc2ccnn21)N1CC(F)(F)C1. The number of benzene rings is 1. The van der Waals surface area contributed by atoms with E-state index in [1.807, 2.05) is 28.9 Å². The third-order valence-corrected chi connectivity index (χ3v) is 5.12. The van der Waals surface area contributed by atoms with Crippen LogP contribution in [0.25, 0.3) is 0 Å². The molecule has 7 heteroatoms. The second kappa shape index (κ2) is 6.79. The van der Waals surface area contributed by atoms with E-state index < -0.39 is 19.0 Å². The van der Waals surface area contributed by atoms with Crippen LogP contribution in [0.3, 0.4) is 0 Å². The Morgan fingerprint density at radius 1 is 1.19 bits per heavy atom. The number of hydrogen-bond acceptors (Lipinski definition) is 3. The number of aromatic nitrogens is 2. The summed E-state index contributed by atoms with van der Waals surface area (Å²) in [7, 11) is 0. The van der Waals surface area contributed by atoms with Gasteiger partial charge in [-0.1, -0.05) is 30.3 Å². The molecule has 138 valence electrons. The largest absolute Gasteiger partial charge is 0.330 e. The molecule has 0 bridgehead atoms.